The summed E-state index contributed by atoms with van der Waals surface area (Å²) >= 11 is 0. The minimum atomic E-state index is -4.04. The van der Waals surface area contributed by atoms with E-state index in [4.69, 9.17) is 19.0 Å². The average Bonchev–Trinajstić information content (AvgIpc) is 2.78. The second-order valence-corrected chi connectivity index (χ2v) is 9.32. The highest BCUT2D eigenvalue weighted by molar-refractivity contribution is 7.89. The van der Waals surface area contributed by atoms with E-state index >= 15 is 0 Å². The van der Waals surface area contributed by atoms with Crippen LogP contribution >= 0.6 is 0 Å². The van der Waals surface area contributed by atoms with Gasteiger partial charge in [0.05, 0.1) is 24.8 Å². The van der Waals surface area contributed by atoms with Crippen LogP contribution in [0.4, 0.5) is 4.79 Å². The van der Waals surface area contributed by atoms with Gasteiger partial charge in [0, 0.05) is 11.6 Å². The Hall–Kier alpha value is -1.62. The van der Waals surface area contributed by atoms with Crippen LogP contribution in [-0.2, 0) is 31.7 Å². The standard InChI is InChI=1S/C16H26N2O7S/c1-15(2,3)25-14(19)18-7-10(8-18)23-9-12-11(16(4,5)20)6-13(24-12)26(17,21)22/h6,10,20H,7-9H2,1-5H3,(H2,17,21,22). The summed E-state index contributed by atoms with van der Waals surface area (Å²) in [6.45, 7) is 9.03. The molecule has 0 radical (unpaired) electrons. The second kappa shape index (κ2) is 6.84. The van der Waals surface area contributed by atoms with Crippen molar-refractivity contribution in [2.75, 3.05) is 13.1 Å². The number of rotatable bonds is 5. The van der Waals surface area contributed by atoms with Crippen LogP contribution in [0.3, 0.4) is 0 Å². The van der Waals surface area contributed by atoms with E-state index in [1.165, 1.54) is 24.8 Å². The minimum absolute atomic E-state index is 0.0539. The molecular weight excluding hydrogens is 364 g/mol. The first-order chi connectivity index (χ1) is 11.7. The van der Waals surface area contributed by atoms with Crippen molar-refractivity contribution in [3.8, 4) is 0 Å². The molecule has 0 bridgehead atoms. The van der Waals surface area contributed by atoms with Crippen LogP contribution in [0.25, 0.3) is 0 Å². The van der Waals surface area contributed by atoms with Crippen LogP contribution in [0.1, 0.15) is 45.9 Å². The van der Waals surface area contributed by atoms with Gasteiger partial charge in [-0.1, -0.05) is 0 Å². The molecule has 1 amide bonds. The Labute approximate surface area is 153 Å². The molecule has 1 aromatic rings. The number of primary sulfonamides is 1. The van der Waals surface area contributed by atoms with E-state index in [-0.39, 0.29) is 24.0 Å². The largest absolute Gasteiger partial charge is 0.445 e. The van der Waals surface area contributed by atoms with Crippen LogP contribution in [0, 0.1) is 0 Å². The Morgan fingerprint density at radius 2 is 1.92 bits per heavy atom. The third-order valence-corrected chi connectivity index (χ3v) is 4.44. The lowest BCUT2D eigenvalue weighted by molar-refractivity contribution is -0.0736. The Balaban J connectivity index is 1.97. The van der Waals surface area contributed by atoms with E-state index in [0.29, 0.717) is 13.1 Å². The van der Waals surface area contributed by atoms with Crippen LogP contribution in [0.15, 0.2) is 15.6 Å². The van der Waals surface area contributed by atoms with Gasteiger partial charge in [-0.15, -0.1) is 0 Å². The Bertz CT molecular complexity index is 765. The van der Waals surface area contributed by atoms with Crippen molar-refractivity contribution in [1.82, 2.24) is 4.90 Å². The number of hydrogen-bond donors (Lipinski definition) is 2. The van der Waals surface area contributed by atoms with Gasteiger partial charge >= 0.3 is 6.09 Å². The van der Waals surface area contributed by atoms with Gasteiger partial charge in [-0.3, -0.25) is 0 Å². The number of carbonyl (C=O) groups excluding carboxylic acids is 1. The van der Waals surface area contributed by atoms with Crippen LogP contribution in [0.5, 0.6) is 0 Å². The molecule has 26 heavy (non-hydrogen) atoms. The normalized spacial score (nSPS) is 16.5. The minimum Gasteiger partial charge on any atom is -0.445 e. The van der Waals surface area contributed by atoms with Crippen molar-refractivity contribution in [2.45, 2.75) is 63.6 Å². The van der Waals surface area contributed by atoms with E-state index in [1.807, 2.05) is 0 Å². The molecule has 9 nitrogen and oxygen atoms in total. The highest BCUT2D eigenvalue weighted by Crippen LogP contribution is 2.30. The summed E-state index contributed by atoms with van der Waals surface area (Å²) in [5.41, 5.74) is -1.61. The summed E-state index contributed by atoms with van der Waals surface area (Å²) in [7, 11) is -4.04. The van der Waals surface area contributed by atoms with Crippen molar-refractivity contribution in [1.29, 1.82) is 0 Å². The van der Waals surface area contributed by atoms with Crippen molar-refractivity contribution < 1.29 is 32.2 Å². The lowest BCUT2D eigenvalue weighted by Gasteiger charge is -2.39. The fourth-order valence-corrected chi connectivity index (χ4v) is 2.88. The topological polar surface area (TPSA) is 132 Å². The number of nitrogens with zero attached hydrogens (tertiary/aromatic N) is 1. The number of aliphatic hydroxyl groups is 1. The maximum atomic E-state index is 11.9. The zero-order valence-electron chi connectivity index (χ0n) is 15.6. The summed E-state index contributed by atoms with van der Waals surface area (Å²) in [6, 6.07) is 1.20. The lowest BCUT2D eigenvalue weighted by Crippen LogP contribution is -2.55. The summed E-state index contributed by atoms with van der Waals surface area (Å²) in [5, 5.41) is 14.8. The summed E-state index contributed by atoms with van der Waals surface area (Å²) in [5.74, 6) is 0.178. The van der Waals surface area contributed by atoms with Gasteiger partial charge in [0.1, 0.15) is 18.0 Å². The molecule has 0 unspecified atom stereocenters. The van der Waals surface area contributed by atoms with Crippen molar-refractivity contribution in [3.05, 3.63) is 17.4 Å². The molecule has 1 saturated heterocycles. The summed E-state index contributed by atoms with van der Waals surface area (Å²) in [6.07, 6.45) is -0.649. The third kappa shape index (κ3) is 5.19. The van der Waals surface area contributed by atoms with Gasteiger partial charge in [0.15, 0.2) is 0 Å². The van der Waals surface area contributed by atoms with E-state index in [0.717, 1.165) is 0 Å². The molecule has 0 aliphatic carbocycles. The molecule has 10 heteroatoms. The molecule has 148 valence electrons. The predicted molar refractivity (Wildman–Crippen MR) is 91.7 cm³/mol. The zero-order valence-corrected chi connectivity index (χ0v) is 16.4. The molecule has 0 atom stereocenters. The number of hydrogen-bond acceptors (Lipinski definition) is 7. The number of carbonyl (C=O) groups is 1. The number of ether oxygens (including phenoxy) is 2. The van der Waals surface area contributed by atoms with Gasteiger partial charge in [0.2, 0.25) is 5.09 Å². The van der Waals surface area contributed by atoms with Crippen molar-refractivity contribution in [2.24, 2.45) is 5.14 Å². The highest BCUT2D eigenvalue weighted by Gasteiger charge is 2.35. The molecule has 0 saturated carbocycles. The number of sulfonamides is 1. The first-order valence-corrected chi connectivity index (χ1v) is 9.69. The van der Waals surface area contributed by atoms with Gasteiger partial charge in [-0.25, -0.2) is 18.4 Å². The van der Waals surface area contributed by atoms with Crippen molar-refractivity contribution in [3.63, 3.8) is 0 Å². The van der Waals surface area contributed by atoms with Crippen LogP contribution < -0.4 is 5.14 Å². The quantitative estimate of drug-likeness (QED) is 0.774. The average molecular weight is 390 g/mol. The molecule has 1 fully saturated rings. The molecular formula is C16H26N2O7S. The molecule has 2 heterocycles. The van der Waals surface area contributed by atoms with Gasteiger partial charge in [-0.2, -0.15) is 0 Å². The smallest absolute Gasteiger partial charge is 0.410 e. The molecule has 1 aliphatic heterocycles. The molecule has 0 spiro atoms. The zero-order chi connectivity index (χ0) is 19.9. The Kier molecular flexibility index (Phi) is 5.44. The highest BCUT2D eigenvalue weighted by atomic mass is 32.2. The van der Waals surface area contributed by atoms with Gasteiger partial charge in [0.25, 0.3) is 10.0 Å². The fourth-order valence-electron chi connectivity index (χ4n) is 2.38. The van der Waals surface area contributed by atoms with E-state index in [9.17, 15) is 18.3 Å². The first-order valence-electron chi connectivity index (χ1n) is 8.15. The predicted octanol–water partition coefficient (Wildman–Crippen LogP) is 1.29. The summed E-state index contributed by atoms with van der Waals surface area (Å²) < 4.78 is 39.1. The number of likely N-dealkylation sites (tertiary alicyclic amines) is 1. The van der Waals surface area contributed by atoms with Crippen LogP contribution in [-0.4, -0.2) is 49.3 Å². The molecule has 1 aromatic heterocycles. The van der Waals surface area contributed by atoms with Gasteiger partial charge in [-0.05, 0) is 34.6 Å². The van der Waals surface area contributed by atoms with E-state index < -0.39 is 32.4 Å². The number of furan rings is 1. The van der Waals surface area contributed by atoms with Gasteiger partial charge < -0.3 is 23.9 Å². The Morgan fingerprint density at radius 1 is 1.35 bits per heavy atom. The maximum Gasteiger partial charge on any atom is 0.410 e. The molecule has 2 rings (SSSR count). The first kappa shape index (κ1) is 20.7. The number of nitrogens with two attached hydrogens (primary N) is 1. The lowest BCUT2D eigenvalue weighted by atomic mass is 9.99. The molecule has 3 N–H and O–H groups in total. The van der Waals surface area contributed by atoms with E-state index in [1.54, 1.807) is 20.8 Å². The SMILES string of the molecule is CC(C)(C)OC(=O)N1CC(OCc2oc(S(N)(=O)=O)cc2C(C)(C)O)C1. The van der Waals surface area contributed by atoms with Crippen LogP contribution in [0.2, 0.25) is 0 Å². The number of amides is 1. The molecule has 0 aromatic carbocycles. The van der Waals surface area contributed by atoms with Crippen molar-refractivity contribution >= 4 is 16.1 Å². The third-order valence-electron chi connectivity index (χ3n) is 3.68. The maximum absolute atomic E-state index is 11.9. The fraction of sp³-hybridized carbons (Fsp3) is 0.688. The Morgan fingerprint density at radius 3 is 2.38 bits per heavy atom. The second-order valence-electron chi connectivity index (χ2n) is 7.82. The monoisotopic (exact) mass is 390 g/mol. The summed E-state index contributed by atoms with van der Waals surface area (Å²) in [4.78, 5) is 13.4. The molecule has 1 aliphatic rings. The van der Waals surface area contributed by atoms with E-state index in [2.05, 4.69) is 0 Å².